The van der Waals surface area contributed by atoms with Crippen molar-refractivity contribution < 1.29 is 0 Å². The Morgan fingerprint density at radius 2 is 1.89 bits per heavy atom. The average Bonchev–Trinajstić information content (AvgIpc) is 2.37. The predicted molar refractivity (Wildman–Crippen MR) is 81.0 cm³/mol. The van der Waals surface area contributed by atoms with E-state index in [1.807, 2.05) is 0 Å². The van der Waals surface area contributed by atoms with Crippen LogP contribution in [0.3, 0.4) is 0 Å². The summed E-state index contributed by atoms with van der Waals surface area (Å²) >= 11 is 0. The number of piperidine rings is 1. The molecule has 2 heteroatoms. The fourth-order valence-corrected chi connectivity index (χ4v) is 2.86. The second-order valence-electron chi connectivity index (χ2n) is 6.66. The predicted octanol–water partition coefficient (Wildman–Crippen LogP) is 3.52. The number of rotatable bonds is 8. The van der Waals surface area contributed by atoms with Gasteiger partial charge in [0.1, 0.15) is 0 Å². The Kier molecular flexibility index (Phi) is 7.25. The van der Waals surface area contributed by atoms with Crippen LogP contribution in [0.4, 0.5) is 0 Å². The van der Waals surface area contributed by atoms with Crippen molar-refractivity contribution >= 4 is 0 Å². The molecule has 0 amide bonds. The third-order valence-electron chi connectivity index (χ3n) is 4.72. The summed E-state index contributed by atoms with van der Waals surface area (Å²) in [5.74, 6) is 0.889. The second-order valence-corrected chi connectivity index (χ2v) is 6.66. The number of hydrogen-bond donors (Lipinski definition) is 1. The summed E-state index contributed by atoms with van der Waals surface area (Å²) in [7, 11) is 2.24. The standard InChI is InChI=1S/C16H34N2/c1-5-7-8-15(6-2)13-17-14-16(3)9-11-18(4)12-10-16/h15,17H,5-14H2,1-4H3. The van der Waals surface area contributed by atoms with Gasteiger partial charge < -0.3 is 10.2 Å². The molecule has 0 saturated carbocycles. The lowest BCUT2D eigenvalue weighted by atomic mass is 9.80. The molecule has 0 aromatic carbocycles. The summed E-state index contributed by atoms with van der Waals surface area (Å²) in [6.45, 7) is 12.1. The van der Waals surface area contributed by atoms with Crippen LogP contribution in [0.2, 0.25) is 0 Å². The molecule has 1 unspecified atom stereocenters. The van der Waals surface area contributed by atoms with Crippen molar-refractivity contribution in [2.45, 2.75) is 59.3 Å². The van der Waals surface area contributed by atoms with Gasteiger partial charge in [0.25, 0.3) is 0 Å². The molecule has 1 rings (SSSR count). The first kappa shape index (κ1) is 16.0. The third kappa shape index (κ3) is 5.71. The molecule has 0 aromatic rings. The number of unbranched alkanes of at least 4 members (excludes halogenated alkanes) is 1. The molecule has 1 aliphatic heterocycles. The highest BCUT2D eigenvalue weighted by molar-refractivity contribution is 4.83. The zero-order valence-electron chi connectivity index (χ0n) is 13.1. The Bertz CT molecular complexity index is 207. The van der Waals surface area contributed by atoms with E-state index in [4.69, 9.17) is 0 Å². The summed E-state index contributed by atoms with van der Waals surface area (Å²) < 4.78 is 0. The van der Waals surface area contributed by atoms with Gasteiger partial charge in [-0.2, -0.15) is 0 Å². The molecule has 1 fully saturated rings. The maximum absolute atomic E-state index is 3.75. The molecule has 0 aliphatic carbocycles. The molecular weight excluding hydrogens is 220 g/mol. The van der Waals surface area contributed by atoms with E-state index in [9.17, 15) is 0 Å². The number of likely N-dealkylation sites (tertiary alicyclic amines) is 1. The van der Waals surface area contributed by atoms with Crippen molar-refractivity contribution in [1.82, 2.24) is 10.2 Å². The lowest BCUT2D eigenvalue weighted by Crippen LogP contribution is -2.42. The normalized spacial score (nSPS) is 22.0. The van der Waals surface area contributed by atoms with Gasteiger partial charge in [-0.05, 0) is 57.3 Å². The van der Waals surface area contributed by atoms with Gasteiger partial charge in [0.2, 0.25) is 0 Å². The number of hydrogen-bond acceptors (Lipinski definition) is 2. The van der Waals surface area contributed by atoms with Crippen molar-refractivity contribution in [3.8, 4) is 0 Å². The first-order chi connectivity index (χ1) is 8.59. The molecule has 1 atom stereocenters. The highest BCUT2D eigenvalue weighted by atomic mass is 15.1. The van der Waals surface area contributed by atoms with Gasteiger partial charge in [0, 0.05) is 6.54 Å². The Balaban J connectivity index is 2.19. The van der Waals surface area contributed by atoms with E-state index in [0.717, 1.165) is 5.92 Å². The molecule has 1 saturated heterocycles. The zero-order valence-corrected chi connectivity index (χ0v) is 13.1. The van der Waals surface area contributed by atoms with Crippen molar-refractivity contribution in [1.29, 1.82) is 0 Å². The fourth-order valence-electron chi connectivity index (χ4n) is 2.86. The van der Waals surface area contributed by atoms with E-state index in [-0.39, 0.29) is 0 Å². The molecule has 18 heavy (non-hydrogen) atoms. The smallest absolute Gasteiger partial charge is 0.000623 e. The Morgan fingerprint density at radius 3 is 2.44 bits per heavy atom. The van der Waals surface area contributed by atoms with Gasteiger partial charge in [-0.3, -0.25) is 0 Å². The summed E-state index contributed by atoms with van der Waals surface area (Å²) in [5.41, 5.74) is 0.537. The van der Waals surface area contributed by atoms with Crippen molar-refractivity contribution in [3.05, 3.63) is 0 Å². The van der Waals surface area contributed by atoms with E-state index in [2.05, 4.69) is 38.0 Å². The van der Waals surface area contributed by atoms with E-state index in [1.165, 1.54) is 64.7 Å². The van der Waals surface area contributed by atoms with Crippen LogP contribution in [0.15, 0.2) is 0 Å². The molecule has 0 radical (unpaired) electrons. The molecule has 0 bridgehead atoms. The molecule has 1 aliphatic rings. The largest absolute Gasteiger partial charge is 0.316 e. The van der Waals surface area contributed by atoms with Gasteiger partial charge in [-0.15, -0.1) is 0 Å². The van der Waals surface area contributed by atoms with E-state index < -0.39 is 0 Å². The minimum atomic E-state index is 0.537. The SMILES string of the molecule is CCCCC(CC)CNCC1(C)CCN(C)CC1. The maximum atomic E-state index is 3.75. The van der Waals surface area contributed by atoms with Crippen LogP contribution in [0.5, 0.6) is 0 Å². The van der Waals surface area contributed by atoms with Gasteiger partial charge in [-0.1, -0.05) is 40.0 Å². The van der Waals surface area contributed by atoms with Crippen LogP contribution >= 0.6 is 0 Å². The van der Waals surface area contributed by atoms with Crippen molar-refractivity contribution in [3.63, 3.8) is 0 Å². The van der Waals surface area contributed by atoms with Gasteiger partial charge in [-0.25, -0.2) is 0 Å². The molecule has 108 valence electrons. The van der Waals surface area contributed by atoms with Gasteiger partial charge in [0.15, 0.2) is 0 Å². The van der Waals surface area contributed by atoms with Crippen LogP contribution in [-0.2, 0) is 0 Å². The zero-order chi connectivity index (χ0) is 13.4. The van der Waals surface area contributed by atoms with Gasteiger partial charge in [0.05, 0.1) is 0 Å². The highest BCUT2D eigenvalue weighted by Crippen LogP contribution is 2.29. The number of nitrogens with zero attached hydrogens (tertiary/aromatic N) is 1. The van der Waals surface area contributed by atoms with Crippen LogP contribution in [-0.4, -0.2) is 38.1 Å². The number of nitrogens with one attached hydrogen (secondary N) is 1. The lowest BCUT2D eigenvalue weighted by molar-refractivity contribution is 0.135. The summed E-state index contributed by atoms with van der Waals surface area (Å²) in [6.07, 6.45) is 8.15. The third-order valence-corrected chi connectivity index (χ3v) is 4.72. The molecule has 2 nitrogen and oxygen atoms in total. The van der Waals surface area contributed by atoms with Crippen molar-refractivity contribution in [2.75, 3.05) is 33.2 Å². The maximum Gasteiger partial charge on any atom is 0.000623 e. The first-order valence-corrected chi connectivity index (χ1v) is 7.99. The minimum absolute atomic E-state index is 0.537. The van der Waals surface area contributed by atoms with E-state index in [0.29, 0.717) is 5.41 Å². The summed E-state index contributed by atoms with van der Waals surface area (Å²) in [4.78, 5) is 2.46. The van der Waals surface area contributed by atoms with Crippen molar-refractivity contribution in [2.24, 2.45) is 11.3 Å². The van der Waals surface area contributed by atoms with E-state index >= 15 is 0 Å². The molecular formula is C16H34N2. The molecule has 0 spiro atoms. The Hall–Kier alpha value is -0.0800. The highest BCUT2D eigenvalue weighted by Gasteiger charge is 2.28. The topological polar surface area (TPSA) is 15.3 Å². The summed E-state index contributed by atoms with van der Waals surface area (Å²) in [6, 6.07) is 0. The average molecular weight is 254 g/mol. The monoisotopic (exact) mass is 254 g/mol. The first-order valence-electron chi connectivity index (χ1n) is 7.99. The molecule has 1 heterocycles. The molecule has 0 aromatic heterocycles. The summed E-state index contributed by atoms with van der Waals surface area (Å²) in [5, 5.41) is 3.75. The minimum Gasteiger partial charge on any atom is -0.316 e. The second kappa shape index (κ2) is 8.16. The van der Waals surface area contributed by atoms with Crippen LogP contribution in [0.25, 0.3) is 0 Å². The fraction of sp³-hybridized carbons (Fsp3) is 1.00. The van der Waals surface area contributed by atoms with E-state index in [1.54, 1.807) is 0 Å². The quantitative estimate of drug-likeness (QED) is 0.713. The van der Waals surface area contributed by atoms with Crippen LogP contribution < -0.4 is 5.32 Å². The lowest BCUT2D eigenvalue weighted by Gasteiger charge is -2.38. The molecule has 1 N–H and O–H groups in total. The Morgan fingerprint density at radius 1 is 1.22 bits per heavy atom. The Labute approximate surface area is 115 Å². The van der Waals surface area contributed by atoms with Crippen LogP contribution in [0.1, 0.15) is 59.3 Å². The van der Waals surface area contributed by atoms with Gasteiger partial charge >= 0.3 is 0 Å². The van der Waals surface area contributed by atoms with Crippen LogP contribution in [0, 0.1) is 11.3 Å².